The average molecular weight is 585 g/mol. The van der Waals surface area contributed by atoms with Crippen LogP contribution in [0.4, 0.5) is 35.1 Å². The second-order valence-electron chi connectivity index (χ2n) is 10.4. The molecule has 0 aliphatic heterocycles. The molecule has 1 aliphatic rings. The van der Waals surface area contributed by atoms with E-state index >= 15 is 8.78 Å². The molecule has 0 saturated heterocycles. The molecule has 42 heavy (non-hydrogen) atoms. The molecule has 4 aromatic rings. The highest BCUT2D eigenvalue weighted by Gasteiger charge is 2.23. The summed E-state index contributed by atoms with van der Waals surface area (Å²) in [6.07, 6.45) is 5.71. The van der Waals surface area contributed by atoms with Crippen molar-refractivity contribution in [3.8, 4) is 22.3 Å². The van der Waals surface area contributed by atoms with Gasteiger partial charge in [-0.15, -0.1) is 6.58 Å². The van der Waals surface area contributed by atoms with Crippen LogP contribution in [0.2, 0.25) is 0 Å². The van der Waals surface area contributed by atoms with Crippen LogP contribution in [-0.2, 0) is 0 Å². The summed E-state index contributed by atoms with van der Waals surface area (Å²) in [5.41, 5.74) is -1.05. The second-order valence-corrected chi connectivity index (χ2v) is 10.4. The van der Waals surface area contributed by atoms with E-state index in [0.29, 0.717) is 24.1 Å². The number of hydrogen-bond acceptors (Lipinski definition) is 0. The van der Waals surface area contributed by atoms with Crippen molar-refractivity contribution in [1.29, 1.82) is 0 Å². The Labute approximate surface area is 237 Å². The molecule has 0 heterocycles. The summed E-state index contributed by atoms with van der Waals surface area (Å²) >= 11 is 0. The maximum atomic E-state index is 15.1. The summed E-state index contributed by atoms with van der Waals surface area (Å²) in [4.78, 5) is 0. The third-order valence-corrected chi connectivity index (χ3v) is 7.80. The Hall–Kier alpha value is -4.20. The molecule has 0 unspecified atom stereocenters. The van der Waals surface area contributed by atoms with Crippen molar-refractivity contribution in [3.05, 3.63) is 131 Å². The van der Waals surface area contributed by atoms with Gasteiger partial charge in [0.15, 0.2) is 29.1 Å². The average Bonchev–Trinajstić information content (AvgIpc) is 2.98. The first-order valence-corrected chi connectivity index (χ1v) is 13.3. The first-order valence-electron chi connectivity index (χ1n) is 13.3. The van der Waals surface area contributed by atoms with E-state index in [2.05, 4.69) is 6.58 Å². The minimum Gasteiger partial charge on any atom is -0.206 e. The SMILES string of the molecule is C=CC1CCC(c2ccc(-c3ccc(/C(F)=C(\F)c4ccc(-c5cc(F)c(F)c(F)c5)c(F)c4)c(F)c3)c(F)c2)CC1. The van der Waals surface area contributed by atoms with Gasteiger partial charge in [-0.2, -0.15) is 0 Å². The standard InChI is InChI=1S/C34H24F8/c1-2-18-3-5-19(6-4-18)20-7-10-24(27(35)13-20)21-8-12-26(29(37)14-21)33(41)32(40)22-9-11-25(28(36)15-22)23-16-30(38)34(42)31(39)17-23/h2,7-19H,1,3-6H2/b33-32+. The predicted molar refractivity (Wildman–Crippen MR) is 147 cm³/mol. The van der Waals surface area contributed by atoms with Crippen LogP contribution in [0.5, 0.6) is 0 Å². The van der Waals surface area contributed by atoms with Crippen LogP contribution in [0.3, 0.4) is 0 Å². The van der Waals surface area contributed by atoms with Gasteiger partial charge in [0.1, 0.15) is 17.5 Å². The largest absolute Gasteiger partial charge is 0.206 e. The number of allylic oxidation sites excluding steroid dienone is 1. The molecule has 0 spiro atoms. The van der Waals surface area contributed by atoms with E-state index in [1.165, 1.54) is 18.2 Å². The maximum Gasteiger partial charge on any atom is 0.194 e. The maximum absolute atomic E-state index is 15.1. The van der Waals surface area contributed by atoms with Crippen LogP contribution in [0.15, 0.2) is 79.4 Å². The van der Waals surface area contributed by atoms with E-state index in [0.717, 1.165) is 55.5 Å². The molecule has 8 heteroatoms. The van der Waals surface area contributed by atoms with Gasteiger partial charge in [-0.25, -0.2) is 35.1 Å². The number of hydrogen-bond donors (Lipinski definition) is 0. The summed E-state index contributed by atoms with van der Waals surface area (Å²) in [5, 5.41) is 0. The summed E-state index contributed by atoms with van der Waals surface area (Å²) < 4.78 is 115. The van der Waals surface area contributed by atoms with Gasteiger partial charge >= 0.3 is 0 Å². The van der Waals surface area contributed by atoms with Gasteiger partial charge in [0.25, 0.3) is 0 Å². The fourth-order valence-electron chi connectivity index (χ4n) is 5.41. The van der Waals surface area contributed by atoms with Crippen LogP contribution >= 0.6 is 0 Å². The van der Waals surface area contributed by atoms with Crippen LogP contribution in [0.25, 0.3) is 33.9 Å². The molecule has 216 valence electrons. The first kappa shape index (κ1) is 29.3. The van der Waals surface area contributed by atoms with Crippen LogP contribution < -0.4 is 0 Å². The second kappa shape index (κ2) is 12.0. The molecule has 0 bridgehead atoms. The molecule has 0 radical (unpaired) electrons. The quantitative estimate of drug-likeness (QED) is 0.0915. The molecule has 0 nitrogen and oxygen atoms in total. The topological polar surface area (TPSA) is 0 Å². The number of rotatable bonds is 6. The van der Waals surface area contributed by atoms with Gasteiger partial charge in [-0.3, -0.25) is 0 Å². The van der Waals surface area contributed by atoms with E-state index in [1.807, 2.05) is 6.08 Å². The minimum atomic E-state index is -1.73. The Kier molecular flexibility index (Phi) is 8.34. The summed E-state index contributed by atoms with van der Waals surface area (Å²) in [7, 11) is 0. The van der Waals surface area contributed by atoms with Crippen molar-refractivity contribution in [3.63, 3.8) is 0 Å². The molecule has 0 atom stereocenters. The van der Waals surface area contributed by atoms with Crippen molar-refractivity contribution in [2.75, 3.05) is 0 Å². The Morgan fingerprint density at radius 2 is 1.19 bits per heavy atom. The van der Waals surface area contributed by atoms with Crippen molar-refractivity contribution in [2.45, 2.75) is 31.6 Å². The zero-order valence-corrected chi connectivity index (χ0v) is 22.1. The summed E-state index contributed by atoms with van der Waals surface area (Å²) in [6, 6.07) is 11.4. The van der Waals surface area contributed by atoms with Gasteiger partial charge < -0.3 is 0 Å². The van der Waals surface area contributed by atoms with Gasteiger partial charge in [0.2, 0.25) is 0 Å². The molecule has 1 aliphatic carbocycles. The third-order valence-electron chi connectivity index (χ3n) is 7.80. The molecule has 0 N–H and O–H groups in total. The zero-order valence-electron chi connectivity index (χ0n) is 22.1. The van der Waals surface area contributed by atoms with Crippen molar-refractivity contribution in [2.24, 2.45) is 5.92 Å². The van der Waals surface area contributed by atoms with Crippen LogP contribution in [-0.4, -0.2) is 0 Å². The molecule has 0 amide bonds. The molecule has 1 fully saturated rings. The number of benzene rings is 4. The fraction of sp³-hybridized carbons (Fsp3) is 0.176. The summed E-state index contributed by atoms with van der Waals surface area (Å²) in [6.45, 7) is 3.83. The fourth-order valence-corrected chi connectivity index (χ4v) is 5.41. The first-order chi connectivity index (χ1) is 20.1. The lowest BCUT2D eigenvalue weighted by atomic mass is 9.78. The molecule has 5 rings (SSSR count). The molecular formula is C34H24F8. The zero-order chi connectivity index (χ0) is 30.1. The molecule has 4 aromatic carbocycles. The lowest BCUT2D eigenvalue weighted by Gasteiger charge is -2.27. The van der Waals surface area contributed by atoms with Gasteiger partial charge in [0, 0.05) is 22.3 Å². The normalized spacial score (nSPS) is 17.6. The smallest absolute Gasteiger partial charge is 0.194 e. The Balaban J connectivity index is 1.39. The Bertz CT molecular complexity index is 1670. The van der Waals surface area contributed by atoms with Gasteiger partial charge in [-0.1, -0.05) is 36.4 Å². The van der Waals surface area contributed by atoms with Crippen molar-refractivity contribution in [1.82, 2.24) is 0 Å². The van der Waals surface area contributed by atoms with E-state index in [4.69, 9.17) is 0 Å². The Morgan fingerprint density at radius 1 is 0.595 bits per heavy atom. The third kappa shape index (κ3) is 5.75. The molecule has 1 saturated carbocycles. The lowest BCUT2D eigenvalue weighted by Crippen LogP contribution is -2.11. The van der Waals surface area contributed by atoms with E-state index in [1.54, 1.807) is 6.07 Å². The Morgan fingerprint density at radius 3 is 1.79 bits per heavy atom. The number of halogens is 8. The van der Waals surface area contributed by atoms with E-state index in [-0.39, 0.29) is 22.6 Å². The van der Waals surface area contributed by atoms with E-state index in [9.17, 15) is 26.3 Å². The molecular weight excluding hydrogens is 560 g/mol. The van der Waals surface area contributed by atoms with Crippen molar-refractivity contribution < 1.29 is 35.1 Å². The summed E-state index contributed by atoms with van der Waals surface area (Å²) in [5.74, 6) is -10.3. The highest BCUT2D eigenvalue weighted by molar-refractivity contribution is 5.85. The highest BCUT2D eigenvalue weighted by atomic mass is 19.2. The highest BCUT2D eigenvalue weighted by Crippen LogP contribution is 2.39. The van der Waals surface area contributed by atoms with Crippen molar-refractivity contribution >= 4 is 11.7 Å². The van der Waals surface area contributed by atoms with Gasteiger partial charge in [-0.05, 0) is 90.6 Å². The van der Waals surface area contributed by atoms with Gasteiger partial charge in [0.05, 0.1) is 0 Å². The van der Waals surface area contributed by atoms with Crippen LogP contribution in [0, 0.1) is 40.8 Å². The monoisotopic (exact) mass is 584 g/mol. The van der Waals surface area contributed by atoms with E-state index < -0.39 is 63.2 Å². The minimum absolute atomic E-state index is 0.0974. The predicted octanol–water partition coefficient (Wildman–Crippen LogP) is 11.1. The lowest BCUT2D eigenvalue weighted by molar-refractivity contribution is 0.375. The molecule has 0 aromatic heterocycles. The van der Waals surface area contributed by atoms with Crippen LogP contribution in [0.1, 0.15) is 48.3 Å².